The van der Waals surface area contributed by atoms with Gasteiger partial charge in [-0.25, -0.2) is 4.98 Å². The number of aromatic nitrogens is 2. The van der Waals surface area contributed by atoms with Gasteiger partial charge in [-0.3, -0.25) is 0 Å². The zero-order valence-electron chi connectivity index (χ0n) is 13.9. The predicted molar refractivity (Wildman–Crippen MR) is 95.9 cm³/mol. The number of rotatable bonds is 7. The quantitative estimate of drug-likeness (QED) is 0.585. The minimum absolute atomic E-state index is 0.795. The van der Waals surface area contributed by atoms with Gasteiger partial charge in [0.1, 0.15) is 11.6 Å². The molecule has 3 aromatic rings. The van der Waals surface area contributed by atoms with Crippen LogP contribution in [0, 0.1) is 6.92 Å². The Morgan fingerprint density at radius 1 is 1.00 bits per heavy atom. The largest absolute Gasteiger partial charge is 0.494 e. The lowest BCUT2D eigenvalue weighted by Crippen LogP contribution is -1.97. The molecule has 1 aromatic heterocycles. The summed E-state index contributed by atoms with van der Waals surface area (Å²) < 4.78 is 5.79. The number of aryl methyl sites for hydroxylation is 1. The SMILES string of the molecule is CCCCCCOc1ccc(-c2nc3ccc(C)cc3[nH]2)cc1. The lowest BCUT2D eigenvalue weighted by atomic mass is 10.2. The fourth-order valence-electron chi connectivity index (χ4n) is 2.69. The maximum atomic E-state index is 5.79. The Hall–Kier alpha value is -2.29. The van der Waals surface area contributed by atoms with E-state index in [1.54, 1.807) is 0 Å². The van der Waals surface area contributed by atoms with E-state index in [9.17, 15) is 0 Å². The third-order valence-electron chi connectivity index (χ3n) is 4.03. The van der Waals surface area contributed by atoms with Crippen molar-refractivity contribution in [2.75, 3.05) is 6.61 Å². The second kappa shape index (κ2) is 7.32. The highest BCUT2D eigenvalue weighted by atomic mass is 16.5. The fraction of sp³-hybridized carbons (Fsp3) is 0.350. The van der Waals surface area contributed by atoms with Gasteiger partial charge in [0.2, 0.25) is 0 Å². The van der Waals surface area contributed by atoms with Crippen molar-refractivity contribution >= 4 is 11.0 Å². The molecule has 0 aliphatic rings. The van der Waals surface area contributed by atoms with Crippen molar-refractivity contribution in [2.45, 2.75) is 39.5 Å². The number of hydrogen-bond donors (Lipinski definition) is 1. The lowest BCUT2D eigenvalue weighted by Gasteiger charge is -2.06. The third-order valence-corrected chi connectivity index (χ3v) is 4.03. The molecule has 3 nitrogen and oxygen atoms in total. The number of imidazole rings is 1. The molecule has 1 N–H and O–H groups in total. The van der Waals surface area contributed by atoms with Crippen molar-refractivity contribution in [3.8, 4) is 17.1 Å². The summed E-state index contributed by atoms with van der Waals surface area (Å²) in [6, 6.07) is 14.4. The molecule has 0 bridgehead atoms. The minimum Gasteiger partial charge on any atom is -0.494 e. The lowest BCUT2D eigenvalue weighted by molar-refractivity contribution is 0.305. The van der Waals surface area contributed by atoms with E-state index in [1.165, 1.54) is 24.8 Å². The minimum atomic E-state index is 0.795. The highest BCUT2D eigenvalue weighted by molar-refractivity contribution is 5.80. The van der Waals surface area contributed by atoms with Gasteiger partial charge in [-0.05, 0) is 55.3 Å². The van der Waals surface area contributed by atoms with Crippen molar-refractivity contribution in [1.29, 1.82) is 0 Å². The maximum absolute atomic E-state index is 5.79. The van der Waals surface area contributed by atoms with E-state index in [1.807, 2.05) is 12.1 Å². The van der Waals surface area contributed by atoms with Crippen LogP contribution in [0.25, 0.3) is 22.4 Å². The fourth-order valence-corrected chi connectivity index (χ4v) is 2.69. The summed E-state index contributed by atoms with van der Waals surface area (Å²) in [6.45, 7) is 5.11. The number of fused-ring (bicyclic) bond motifs is 1. The molecule has 0 saturated carbocycles. The maximum Gasteiger partial charge on any atom is 0.138 e. The second-order valence-electron chi connectivity index (χ2n) is 6.04. The summed E-state index contributed by atoms with van der Waals surface area (Å²) >= 11 is 0. The number of ether oxygens (including phenoxy) is 1. The van der Waals surface area contributed by atoms with Crippen molar-refractivity contribution in [3.05, 3.63) is 48.0 Å². The Kier molecular flexibility index (Phi) is 4.96. The molecule has 0 unspecified atom stereocenters. The van der Waals surface area contributed by atoms with Crippen LogP contribution in [0.3, 0.4) is 0 Å². The molecular formula is C20H24N2O. The molecule has 0 radical (unpaired) electrons. The van der Waals surface area contributed by atoms with Gasteiger partial charge in [0, 0.05) is 5.56 Å². The van der Waals surface area contributed by atoms with Crippen LogP contribution in [0.2, 0.25) is 0 Å². The monoisotopic (exact) mass is 308 g/mol. The molecule has 0 spiro atoms. The van der Waals surface area contributed by atoms with Crippen LogP contribution in [0.5, 0.6) is 5.75 Å². The van der Waals surface area contributed by atoms with Crippen LogP contribution in [0.15, 0.2) is 42.5 Å². The molecule has 0 aliphatic heterocycles. The summed E-state index contributed by atoms with van der Waals surface area (Å²) in [6.07, 6.45) is 4.91. The summed E-state index contributed by atoms with van der Waals surface area (Å²) in [5, 5.41) is 0. The number of H-pyrrole nitrogens is 1. The van der Waals surface area contributed by atoms with E-state index in [4.69, 9.17) is 4.74 Å². The summed E-state index contributed by atoms with van der Waals surface area (Å²) in [7, 11) is 0. The average Bonchev–Trinajstić information content (AvgIpc) is 2.98. The van der Waals surface area contributed by atoms with Crippen LogP contribution in [-0.4, -0.2) is 16.6 Å². The summed E-state index contributed by atoms with van der Waals surface area (Å²) in [5.74, 6) is 1.83. The van der Waals surface area contributed by atoms with Gasteiger partial charge in [0.05, 0.1) is 17.6 Å². The molecule has 0 atom stereocenters. The number of nitrogens with one attached hydrogen (secondary N) is 1. The van der Waals surface area contributed by atoms with Gasteiger partial charge in [-0.1, -0.05) is 32.3 Å². The Morgan fingerprint density at radius 3 is 2.61 bits per heavy atom. The molecule has 3 rings (SSSR count). The van der Waals surface area contributed by atoms with Crippen LogP contribution in [0.4, 0.5) is 0 Å². The highest BCUT2D eigenvalue weighted by Crippen LogP contribution is 2.23. The van der Waals surface area contributed by atoms with E-state index in [0.717, 1.165) is 41.2 Å². The smallest absolute Gasteiger partial charge is 0.138 e. The van der Waals surface area contributed by atoms with Gasteiger partial charge in [-0.2, -0.15) is 0 Å². The topological polar surface area (TPSA) is 37.9 Å². The van der Waals surface area contributed by atoms with Crippen LogP contribution < -0.4 is 4.74 Å². The highest BCUT2D eigenvalue weighted by Gasteiger charge is 2.05. The molecule has 2 aromatic carbocycles. The first-order valence-corrected chi connectivity index (χ1v) is 8.46. The zero-order chi connectivity index (χ0) is 16.1. The van der Waals surface area contributed by atoms with Gasteiger partial charge < -0.3 is 9.72 Å². The van der Waals surface area contributed by atoms with E-state index in [-0.39, 0.29) is 0 Å². The number of benzene rings is 2. The molecular weight excluding hydrogens is 284 g/mol. The van der Waals surface area contributed by atoms with Crippen LogP contribution >= 0.6 is 0 Å². The molecule has 23 heavy (non-hydrogen) atoms. The Labute approximate surface area is 137 Å². The number of aromatic amines is 1. The molecule has 0 amide bonds. The first kappa shape index (κ1) is 15.6. The second-order valence-corrected chi connectivity index (χ2v) is 6.04. The van der Waals surface area contributed by atoms with E-state index >= 15 is 0 Å². The van der Waals surface area contributed by atoms with Crippen LogP contribution in [0.1, 0.15) is 38.2 Å². The van der Waals surface area contributed by atoms with E-state index in [0.29, 0.717) is 0 Å². The van der Waals surface area contributed by atoms with E-state index in [2.05, 4.69) is 54.1 Å². The Morgan fingerprint density at radius 2 is 1.83 bits per heavy atom. The number of nitrogens with zero attached hydrogens (tertiary/aromatic N) is 1. The van der Waals surface area contributed by atoms with Crippen LogP contribution in [-0.2, 0) is 0 Å². The first-order chi connectivity index (χ1) is 11.3. The van der Waals surface area contributed by atoms with Gasteiger partial charge in [-0.15, -0.1) is 0 Å². The molecule has 1 heterocycles. The van der Waals surface area contributed by atoms with E-state index < -0.39 is 0 Å². The number of unbranched alkanes of at least 4 members (excludes halogenated alkanes) is 3. The van der Waals surface area contributed by atoms with Crippen molar-refractivity contribution < 1.29 is 4.74 Å². The molecule has 3 heteroatoms. The van der Waals surface area contributed by atoms with Crippen molar-refractivity contribution in [3.63, 3.8) is 0 Å². The Bertz CT molecular complexity index is 759. The first-order valence-electron chi connectivity index (χ1n) is 8.46. The summed E-state index contributed by atoms with van der Waals surface area (Å²) in [5.41, 5.74) is 4.40. The standard InChI is InChI=1S/C20H24N2O/c1-3-4-5-6-13-23-17-10-8-16(9-11-17)20-21-18-12-7-15(2)14-19(18)22-20/h7-12,14H,3-6,13H2,1-2H3,(H,21,22). The Balaban J connectivity index is 1.66. The molecule has 0 saturated heterocycles. The predicted octanol–water partition coefficient (Wildman–Crippen LogP) is 5.50. The molecule has 0 fully saturated rings. The third kappa shape index (κ3) is 3.92. The van der Waals surface area contributed by atoms with Gasteiger partial charge in [0.25, 0.3) is 0 Å². The normalized spacial score (nSPS) is 11.0. The average molecular weight is 308 g/mol. The molecule has 120 valence electrons. The zero-order valence-corrected chi connectivity index (χ0v) is 13.9. The number of hydrogen-bond acceptors (Lipinski definition) is 2. The van der Waals surface area contributed by atoms with Gasteiger partial charge in [0.15, 0.2) is 0 Å². The van der Waals surface area contributed by atoms with Crippen molar-refractivity contribution in [1.82, 2.24) is 9.97 Å². The summed E-state index contributed by atoms with van der Waals surface area (Å²) in [4.78, 5) is 8.04. The van der Waals surface area contributed by atoms with Gasteiger partial charge >= 0.3 is 0 Å². The molecule has 0 aliphatic carbocycles. The van der Waals surface area contributed by atoms with Crippen molar-refractivity contribution in [2.24, 2.45) is 0 Å².